The average Bonchev–Trinajstić information content (AvgIpc) is 2.63. The summed E-state index contributed by atoms with van der Waals surface area (Å²) >= 11 is 0. The number of ether oxygens (including phenoxy) is 1. The number of carboxylic acids is 1. The molecule has 2 N–H and O–H groups in total. The van der Waals surface area contributed by atoms with E-state index in [9.17, 15) is 14.0 Å². The number of hydrogen-bond acceptors (Lipinski definition) is 4. The summed E-state index contributed by atoms with van der Waals surface area (Å²) in [5.74, 6) is -1.86. The summed E-state index contributed by atoms with van der Waals surface area (Å²) in [6.45, 7) is 0.950. The Bertz CT molecular complexity index is 769. The molecule has 1 aliphatic heterocycles. The summed E-state index contributed by atoms with van der Waals surface area (Å²) in [5, 5.41) is 11.9. The van der Waals surface area contributed by atoms with Crippen molar-refractivity contribution in [3.63, 3.8) is 0 Å². The van der Waals surface area contributed by atoms with Crippen LogP contribution < -0.4 is 5.32 Å². The molecule has 0 bridgehead atoms. The smallest absolute Gasteiger partial charge is 0.337 e. The third-order valence-corrected chi connectivity index (χ3v) is 4.34. The van der Waals surface area contributed by atoms with Crippen molar-refractivity contribution in [2.75, 3.05) is 13.2 Å². The van der Waals surface area contributed by atoms with Crippen LogP contribution in [0.1, 0.15) is 39.3 Å². The van der Waals surface area contributed by atoms with E-state index in [1.54, 1.807) is 12.1 Å². The quantitative estimate of drug-likeness (QED) is 0.889. The van der Waals surface area contributed by atoms with Crippen LogP contribution in [0, 0.1) is 5.82 Å². The molecule has 1 aliphatic rings. The number of hydrogen-bond donors (Lipinski definition) is 2. The predicted molar refractivity (Wildman–Crippen MR) is 86.8 cm³/mol. The number of aromatic carboxylic acids is 1. The maximum Gasteiger partial charge on any atom is 0.337 e. The van der Waals surface area contributed by atoms with Crippen molar-refractivity contribution in [3.8, 4) is 0 Å². The van der Waals surface area contributed by atoms with Crippen LogP contribution in [0.3, 0.4) is 0 Å². The van der Waals surface area contributed by atoms with Gasteiger partial charge in [-0.15, -0.1) is 0 Å². The van der Waals surface area contributed by atoms with E-state index < -0.39 is 17.4 Å². The van der Waals surface area contributed by atoms with Crippen LogP contribution in [0.4, 0.5) is 4.39 Å². The molecule has 1 saturated heterocycles. The van der Waals surface area contributed by atoms with E-state index in [0.29, 0.717) is 26.1 Å². The van der Waals surface area contributed by atoms with Gasteiger partial charge >= 0.3 is 5.97 Å². The Morgan fingerprint density at radius 3 is 2.36 bits per heavy atom. The zero-order chi connectivity index (χ0) is 17.9. The number of carbonyl (C=O) groups is 2. The van der Waals surface area contributed by atoms with Gasteiger partial charge in [0.2, 0.25) is 0 Å². The number of amides is 1. The minimum absolute atomic E-state index is 0.0101. The standard InChI is InChI=1S/C18H17FN2O4/c19-14-4-2-13(3-5-14)18(7-9-25-10-8-18)21-16(22)15-6-1-12(11-20-15)17(23)24/h1-6,11H,7-10H2,(H,21,22)(H,23,24). The predicted octanol–water partition coefficient (Wildman–Crippen LogP) is 2.35. The van der Waals surface area contributed by atoms with Gasteiger partial charge in [0.1, 0.15) is 11.5 Å². The fourth-order valence-electron chi connectivity index (χ4n) is 2.91. The van der Waals surface area contributed by atoms with Crippen LogP contribution in [0.15, 0.2) is 42.6 Å². The highest BCUT2D eigenvalue weighted by Gasteiger charge is 2.36. The first-order chi connectivity index (χ1) is 12.0. The van der Waals surface area contributed by atoms with Crippen LogP contribution >= 0.6 is 0 Å². The normalized spacial score (nSPS) is 16.2. The van der Waals surface area contributed by atoms with E-state index in [4.69, 9.17) is 9.84 Å². The Kier molecular flexibility index (Phi) is 4.76. The Balaban J connectivity index is 1.86. The summed E-state index contributed by atoms with van der Waals surface area (Å²) in [5.41, 5.74) is 0.262. The lowest BCUT2D eigenvalue weighted by atomic mass is 9.82. The van der Waals surface area contributed by atoms with Gasteiger partial charge in [-0.05, 0) is 42.7 Å². The second-order valence-electron chi connectivity index (χ2n) is 5.89. The van der Waals surface area contributed by atoms with Crippen molar-refractivity contribution < 1.29 is 23.8 Å². The second-order valence-corrected chi connectivity index (χ2v) is 5.89. The summed E-state index contributed by atoms with van der Waals surface area (Å²) in [6.07, 6.45) is 2.25. The summed E-state index contributed by atoms with van der Waals surface area (Å²) < 4.78 is 18.6. The Labute approximate surface area is 143 Å². The maximum absolute atomic E-state index is 13.2. The molecule has 1 amide bonds. The highest BCUT2D eigenvalue weighted by Crippen LogP contribution is 2.32. The molecule has 130 valence electrons. The van der Waals surface area contributed by atoms with Gasteiger partial charge in [0.25, 0.3) is 5.91 Å². The first kappa shape index (κ1) is 17.0. The molecule has 0 unspecified atom stereocenters. The molecule has 1 aromatic heterocycles. The number of benzene rings is 1. The van der Waals surface area contributed by atoms with Crippen molar-refractivity contribution in [1.82, 2.24) is 10.3 Å². The minimum atomic E-state index is -1.10. The number of aromatic nitrogens is 1. The van der Waals surface area contributed by atoms with Gasteiger partial charge in [0.15, 0.2) is 0 Å². The molecule has 7 heteroatoms. The molecule has 25 heavy (non-hydrogen) atoms. The fraction of sp³-hybridized carbons (Fsp3) is 0.278. The zero-order valence-corrected chi connectivity index (χ0v) is 13.4. The van der Waals surface area contributed by atoms with Crippen LogP contribution in [-0.4, -0.2) is 35.2 Å². The number of carbonyl (C=O) groups excluding carboxylic acids is 1. The molecule has 2 aromatic rings. The summed E-state index contributed by atoms with van der Waals surface area (Å²) in [4.78, 5) is 27.4. The van der Waals surface area contributed by atoms with Crippen LogP contribution in [0.5, 0.6) is 0 Å². The molecule has 0 radical (unpaired) electrons. The molecule has 6 nitrogen and oxygen atoms in total. The number of rotatable bonds is 4. The molecule has 0 aliphatic carbocycles. The van der Waals surface area contributed by atoms with Gasteiger partial charge in [0, 0.05) is 19.4 Å². The van der Waals surface area contributed by atoms with Gasteiger partial charge < -0.3 is 15.2 Å². The van der Waals surface area contributed by atoms with Gasteiger partial charge in [-0.3, -0.25) is 9.78 Å². The summed E-state index contributed by atoms with van der Waals surface area (Å²) in [7, 11) is 0. The molecule has 2 heterocycles. The maximum atomic E-state index is 13.2. The molecule has 3 rings (SSSR count). The average molecular weight is 344 g/mol. The Hall–Kier alpha value is -2.80. The summed E-state index contributed by atoms with van der Waals surface area (Å²) in [6, 6.07) is 8.73. The van der Waals surface area contributed by atoms with Gasteiger partial charge in [0.05, 0.1) is 11.1 Å². The molecule has 0 atom stereocenters. The van der Waals surface area contributed by atoms with Gasteiger partial charge in [-0.25, -0.2) is 9.18 Å². The lowest BCUT2D eigenvalue weighted by molar-refractivity contribution is 0.0343. The third kappa shape index (κ3) is 3.66. The number of pyridine rings is 1. The highest BCUT2D eigenvalue weighted by atomic mass is 19.1. The second kappa shape index (κ2) is 6.98. The zero-order valence-electron chi connectivity index (χ0n) is 13.4. The van der Waals surface area contributed by atoms with E-state index in [1.807, 2.05) is 0 Å². The molecule has 0 spiro atoms. The Morgan fingerprint density at radius 1 is 1.12 bits per heavy atom. The highest BCUT2D eigenvalue weighted by molar-refractivity contribution is 5.94. The van der Waals surface area contributed by atoms with E-state index >= 15 is 0 Å². The van der Waals surface area contributed by atoms with Crippen molar-refractivity contribution in [3.05, 3.63) is 65.2 Å². The van der Waals surface area contributed by atoms with Crippen molar-refractivity contribution in [2.45, 2.75) is 18.4 Å². The van der Waals surface area contributed by atoms with Crippen LogP contribution in [0.25, 0.3) is 0 Å². The first-order valence-corrected chi connectivity index (χ1v) is 7.86. The van der Waals surface area contributed by atoms with Crippen LogP contribution in [-0.2, 0) is 10.3 Å². The number of nitrogens with one attached hydrogen (secondary N) is 1. The largest absolute Gasteiger partial charge is 0.478 e. The number of halogens is 1. The number of nitrogens with zero attached hydrogens (tertiary/aromatic N) is 1. The van der Waals surface area contributed by atoms with E-state index in [1.165, 1.54) is 24.3 Å². The van der Waals surface area contributed by atoms with E-state index in [2.05, 4.69) is 10.3 Å². The topological polar surface area (TPSA) is 88.5 Å². The molecular weight excluding hydrogens is 327 g/mol. The van der Waals surface area contributed by atoms with Gasteiger partial charge in [-0.1, -0.05) is 12.1 Å². The fourth-order valence-corrected chi connectivity index (χ4v) is 2.91. The van der Waals surface area contributed by atoms with E-state index in [-0.39, 0.29) is 17.1 Å². The number of carboxylic acid groups (broad SMARTS) is 1. The molecule has 1 fully saturated rings. The van der Waals surface area contributed by atoms with Gasteiger partial charge in [-0.2, -0.15) is 0 Å². The van der Waals surface area contributed by atoms with E-state index in [0.717, 1.165) is 11.8 Å². The molecule has 0 saturated carbocycles. The monoisotopic (exact) mass is 344 g/mol. The molecular formula is C18H17FN2O4. The van der Waals surface area contributed by atoms with Crippen molar-refractivity contribution in [2.24, 2.45) is 0 Å². The lowest BCUT2D eigenvalue weighted by Gasteiger charge is -2.38. The third-order valence-electron chi connectivity index (χ3n) is 4.34. The minimum Gasteiger partial charge on any atom is -0.478 e. The van der Waals surface area contributed by atoms with Crippen LogP contribution in [0.2, 0.25) is 0 Å². The SMILES string of the molecule is O=C(O)c1ccc(C(=O)NC2(c3ccc(F)cc3)CCOCC2)nc1. The van der Waals surface area contributed by atoms with Crippen molar-refractivity contribution in [1.29, 1.82) is 0 Å². The lowest BCUT2D eigenvalue weighted by Crippen LogP contribution is -2.49. The Morgan fingerprint density at radius 2 is 1.80 bits per heavy atom. The van der Waals surface area contributed by atoms with Crippen molar-refractivity contribution >= 4 is 11.9 Å². The molecule has 1 aromatic carbocycles. The first-order valence-electron chi connectivity index (χ1n) is 7.86.